The lowest BCUT2D eigenvalue weighted by atomic mass is 9.76. The van der Waals surface area contributed by atoms with Crippen molar-refractivity contribution < 1.29 is 23.8 Å². The normalized spacial score (nSPS) is 16.6. The van der Waals surface area contributed by atoms with Gasteiger partial charge in [0.15, 0.2) is 10.1 Å². The van der Waals surface area contributed by atoms with Gasteiger partial charge in [-0.1, -0.05) is 35.2 Å². The minimum absolute atomic E-state index is 0.0210. The Balaban J connectivity index is 1.38. The first kappa shape index (κ1) is 29.0. The standard InChI is InChI=1S/C29H28N6O5S2/c1-38-18-9-7-16(8-10-18)25-21(14-30)27(31)35(22-5-4-6-23(36)26(22)25)28-33-34-29(42-28)41-15-24(37)32-17-11-19(39-2)13-20(12-17)40-3/h7-13,25H,4-6,15,31H2,1-3H3,(H,32,37). The number of carbonyl (C=O) groups is 2. The summed E-state index contributed by atoms with van der Waals surface area (Å²) < 4.78 is 16.3. The number of nitrogens with one attached hydrogen (secondary N) is 1. The van der Waals surface area contributed by atoms with E-state index in [-0.39, 0.29) is 28.8 Å². The van der Waals surface area contributed by atoms with Crippen LogP contribution in [0.25, 0.3) is 0 Å². The van der Waals surface area contributed by atoms with Gasteiger partial charge in [0.1, 0.15) is 23.1 Å². The molecular weight excluding hydrogens is 576 g/mol. The highest BCUT2D eigenvalue weighted by molar-refractivity contribution is 8.01. The Kier molecular flexibility index (Phi) is 8.65. The van der Waals surface area contributed by atoms with Crippen LogP contribution < -0.4 is 30.2 Å². The number of methoxy groups -OCH3 is 3. The Labute approximate surface area is 251 Å². The van der Waals surface area contributed by atoms with Crippen LogP contribution in [0.3, 0.4) is 0 Å². The number of rotatable bonds is 9. The molecule has 1 amide bonds. The molecule has 2 aromatic carbocycles. The maximum Gasteiger partial charge on any atom is 0.234 e. The van der Waals surface area contributed by atoms with Crippen LogP contribution in [0.15, 0.2) is 69.5 Å². The summed E-state index contributed by atoms with van der Waals surface area (Å²) in [6, 6.07) is 14.7. The summed E-state index contributed by atoms with van der Waals surface area (Å²) >= 11 is 2.45. The summed E-state index contributed by atoms with van der Waals surface area (Å²) in [6.07, 6.45) is 1.65. The molecule has 3 aromatic rings. The van der Waals surface area contributed by atoms with Gasteiger partial charge in [-0.2, -0.15) is 5.26 Å². The quantitative estimate of drug-likeness (QED) is 0.330. The lowest BCUT2D eigenvalue weighted by molar-refractivity contribution is -0.116. The molecule has 0 saturated heterocycles. The fraction of sp³-hybridized carbons (Fsp3) is 0.276. The third-order valence-corrected chi connectivity index (χ3v) is 8.95. The number of thioether (sulfide) groups is 1. The maximum absolute atomic E-state index is 13.3. The average Bonchev–Trinajstić information content (AvgIpc) is 3.47. The SMILES string of the molecule is COc1ccc(C2C(C#N)=C(N)N(c3nnc(SCC(=O)Nc4cc(OC)cc(OC)c4)s3)C3=C2C(=O)CCC3)cc1. The molecule has 0 spiro atoms. The minimum atomic E-state index is -0.583. The van der Waals surface area contributed by atoms with Gasteiger partial charge in [0.05, 0.1) is 44.6 Å². The van der Waals surface area contributed by atoms with Crippen molar-refractivity contribution in [3.8, 4) is 23.3 Å². The minimum Gasteiger partial charge on any atom is -0.497 e. The van der Waals surface area contributed by atoms with Crippen LogP contribution in [0, 0.1) is 11.3 Å². The second kappa shape index (κ2) is 12.5. The van der Waals surface area contributed by atoms with Gasteiger partial charge >= 0.3 is 0 Å². The van der Waals surface area contributed by atoms with E-state index in [1.165, 1.54) is 37.3 Å². The Bertz CT molecular complexity index is 1600. The van der Waals surface area contributed by atoms with Gasteiger partial charge in [-0.05, 0) is 30.5 Å². The fourth-order valence-electron chi connectivity index (χ4n) is 4.99. The van der Waals surface area contributed by atoms with Crippen molar-refractivity contribution in [1.29, 1.82) is 5.26 Å². The Morgan fingerprint density at radius 1 is 1.10 bits per heavy atom. The van der Waals surface area contributed by atoms with E-state index in [1.807, 2.05) is 12.1 Å². The molecule has 2 aliphatic rings. The maximum atomic E-state index is 13.3. The summed E-state index contributed by atoms with van der Waals surface area (Å²) in [5.41, 5.74) is 9.49. The van der Waals surface area contributed by atoms with Gasteiger partial charge in [-0.15, -0.1) is 10.2 Å². The number of hydrogen-bond donors (Lipinski definition) is 2. The molecule has 0 bridgehead atoms. The third kappa shape index (κ3) is 5.77. The molecule has 1 aromatic heterocycles. The van der Waals surface area contributed by atoms with Crippen molar-refractivity contribution in [2.75, 3.05) is 37.3 Å². The number of aromatic nitrogens is 2. The average molecular weight is 605 g/mol. The number of anilines is 2. The van der Waals surface area contributed by atoms with Gasteiger partial charge in [-0.25, -0.2) is 0 Å². The van der Waals surface area contributed by atoms with Crippen molar-refractivity contribution in [2.45, 2.75) is 29.5 Å². The monoisotopic (exact) mass is 604 g/mol. The van der Waals surface area contributed by atoms with Gasteiger partial charge in [0, 0.05) is 41.6 Å². The molecule has 1 unspecified atom stereocenters. The highest BCUT2D eigenvalue weighted by Crippen LogP contribution is 2.47. The smallest absolute Gasteiger partial charge is 0.234 e. The van der Waals surface area contributed by atoms with Gasteiger partial charge in [0.2, 0.25) is 11.0 Å². The number of allylic oxidation sites excluding steroid dienone is 3. The van der Waals surface area contributed by atoms with Crippen LogP contribution in [0.2, 0.25) is 0 Å². The van der Waals surface area contributed by atoms with Gasteiger partial charge in [0.25, 0.3) is 0 Å². The van der Waals surface area contributed by atoms with E-state index >= 15 is 0 Å². The molecule has 11 nitrogen and oxygen atoms in total. The topological polar surface area (TPSA) is 153 Å². The number of Topliss-reactive ketones (excluding diaryl/α,β-unsaturated/α-hetero) is 1. The van der Waals surface area contributed by atoms with Crippen LogP contribution in [0.1, 0.15) is 30.7 Å². The van der Waals surface area contributed by atoms with Gasteiger partial charge in [-0.3, -0.25) is 14.5 Å². The summed E-state index contributed by atoms with van der Waals surface area (Å²) in [6.45, 7) is 0. The van der Waals surface area contributed by atoms with E-state index in [9.17, 15) is 14.9 Å². The van der Waals surface area contributed by atoms with Crippen LogP contribution in [-0.2, 0) is 9.59 Å². The number of ketones is 1. The van der Waals surface area contributed by atoms with Crippen molar-refractivity contribution in [3.63, 3.8) is 0 Å². The van der Waals surface area contributed by atoms with Crippen molar-refractivity contribution in [2.24, 2.45) is 5.73 Å². The predicted octanol–water partition coefficient (Wildman–Crippen LogP) is 4.60. The molecule has 0 radical (unpaired) electrons. The van der Waals surface area contributed by atoms with E-state index in [4.69, 9.17) is 19.9 Å². The second-order valence-electron chi connectivity index (χ2n) is 9.38. The number of nitrogens with two attached hydrogens (primary N) is 1. The van der Waals surface area contributed by atoms with Crippen molar-refractivity contribution in [3.05, 3.63) is 70.7 Å². The number of amides is 1. The molecular formula is C29H28N6O5S2. The molecule has 216 valence electrons. The number of hydrogen-bond acceptors (Lipinski definition) is 12. The molecule has 1 aliphatic heterocycles. The second-order valence-corrected chi connectivity index (χ2v) is 11.6. The number of carbonyl (C=O) groups excluding carboxylic acids is 2. The first-order valence-electron chi connectivity index (χ1n) is 13.0. The highest BCUT2D eigenvalue weighted by atomic mass is 32.2. The van der Waals surface area contributed by atoms with Gasteiger partial charge < -0.3 is 25.3 Å². The fourth-order valence-corrected chi connectivity index (χ4v) is 6.67. The highest BCUT2D eigenvalue weighted by Gasteiger charge is 2.41. The molecule has 3 N–H and O–H groups in total. The predicted molar refractivity (Wildman–Crippen MR) is 160 cm³/mol. The zero-order valence-corrected chi connectivity index (χ0v) is 24.8. The summed E-state index contributed by atoms with van der Waals surface area (Å²) in [5.74, 6) is 1.22. The van der Waals surface area contributed by atoms with Crippen LogP contribution >= 0.6 is 23.1 Å². The van der Waals surface area contributed by atoms with E-state index in [0.29, 0.717) is 57.2 Å². The molecule has 42 heavy (non-hydrogen) atoms. The zero-order valence-electron chi connectivity index (χ0n) is 23.2. The third-order valence-electron chi connectivity index (χ3n) is 6.91. The largest absolute Gasteiger partial charge is 0.497 e. The first-order chi connectivity index (χ1) is 20.4. The lowest BCUT2D eigenvalue weighted by Crippen LogP contribution is -2.38. The zero-order chi connectivity index (χ0) is 29.8. The van der Waals surface area contributed by atoms with E-state index in [0.717, 1.165) is 11.3 Å². The van der Waals surface area contributed by atoms with Crippen molar-refractivity contribution in [1.82, 2.24) is 10.2 Å². The van der Waals surface area contributed by atoms with Crippen LogP contribution in [-0.4, -0.2) is 49.0 Å². The van der Waals surface area contributed by atoms with Crippen LogP contribution in [0.5, 0.6) is 17.2 Å². The number of ether oxygens (including phenoxy) is 3. The molecule has 1 atom stereocenters. The summed E-state index contributed by atoms with van der Waals surface area (Å²) in [5, 5.41) is 22.0. The number of nitrogens with zero attached hydrogens (tertiary/aromatic N) is 4. The van der Waals surface area contributed by atoms with E-state index < -0.39 is 5.92 Å². The van der Waals surface area contributed by atoms with E-state index in [1.54, 1.807) is 42.3 Å². The molecule has 2 heterocycles. The number of nitriles is 1. The Morgan fingerprint density at radius 2 is 1.79 bits per heavy atom. The first-order valence-corrected chi connectivity index (χ1v) is 14.8. The van der Waals surface area contributed by atoms with Crippen LogP contribution in [0.4, 0.5) is 10.8 Å². The molecule has 0 fully saturated rings. The molecule has 0 saturated carbocycles. The molecule has 5 rings (SSSR count). The van der Waals surface area contributed by atoms with E-state index in [2.05, 4.69) is 21.6 Å². The number of benzene rings is 2. The summed E-state index contributed by atoms with van der Waals surface area (Å²) in [7, 11) is 4.65. The Morgan fingerprint density at radius 3 is 2.43 bits per heavy atom. The molecule has 1 aliphatic carbocycles. The summed E-state index contributed by atoms with van der Waals surface area (Å²) in [4.78, 5) is 27.7. The van der Waals surface area contributed by atoms with Crippen molar-refractivity contribution >= 4 is 45.6 Å². The Hall–Kier alpha value is -4.54. The molecule has 13 heteroatoms. The lowest BCUT2D eigenvalue weighted by Gasteiger charge is -2.38.